The summed E-state index contributed by atoms with van der Waals surface area (Å²) >= 11 is 5.97. The van der Waals surface area contributed by atoms with Gasteiger partial charge in [0, 0.05) is 37.3 Å². The van der Waals surface area contributed by atoms with Crippen LogP contribution in [0, 0.1) is 0 Å². The predicted molar refractivity (Wildman–Crippen MR) is 174 cm³/mol. The first-order valence-electron chi connectivity index (χ1n) is 15.5. The van der Waals surface area contributed by atoms with Crippen molar-refractivity contribution in [3.05, 3.63) is 83.4 Å². The van der Waals surface area contributed by atoms with Crippen molar-refractivity contribution in [1.82, 2.24) is 9.80 Å². The summed E-state index contributed by atoms with van der Waals surface area (Å²) in [5.74, 6) is -0.244. The second-order valence-corrected chi connectivity index (χ2v) is 11.8. The lowest BCUT2D eigenvalue weighted by Gasteiger charge is -2.31. The van der Waals surface area contributed by atoms with E-state index in [0.717, 1.165) is 68.6 Å². The smallest absolute Gasteiger partial charge is 0.411 e. The highest BCUT2D eigenvalue weighted by Crippen LogP contribution is 2.28. The van der Waals surface area contributed by atoms with Gasteiger partial charge in [-0.05, 0) is 62.1 Å². The van der Waals surface area contributed by atoms with Crippen molar-refractivity contribution < 1.29 is 19.4 Å². The summed E-state index contributed by atoms with van der Waals surface area (Å²) in [4.78, 5) is 29.3. The zero-order valence-corrected chi connectivity index (χ0v) is 25.9. The van der Waals surface area contributed by atoms with Crippen molar-refractivity contribution >= 4 is 29.3 Å². The number of anilines is 1. The maximum atomic E-state index is 12.7. The number of aromatic hydroxyl groups is 1. The second kappa shape index (κ2) is 16.9. The second-order valence-electron chi connectivity index (χ2n) is 11.3. The minimum atomic E-state index is -0.388. The Morgan fingerprint density at radius 2 is 1.56 bits per heavy atom. The first-order valence-corrected chi connectivity index (χ1v) is 15.9. The standard InChI is InChI=1S/C35H44ClN3O4/c1-38(34(41)31-26-28(36)18-19-33(31)40)22-12-5-3-2-4-6-13-23-39-24-20-29(21-25-39)43-35(42)37-32-17-11-10-16-30(32)27-14-8-7-9-15-27/h7-11,14-19,26,29,40H,2-6,12-13,20-25H2,1H3,(H,37,42). The topological polar surface area (TPSA) is 82.1 Å². The Kier molecular flexibility index (Phi) is 12.7. The van der Waals surface area contributed by atoms with Gasteiger partial charge in [0.25, 0.3) is 5.91 Å². The van der Waals surface area contributed by atoms with Crippen molar-refractivity contribution in [2.75, 3.05) is 38.5 Å². The van der Waals surface area contributed by atoms with Gasteiger partial charge >= 0.3 is 6.09 Å². The average molecular weight is 606 g/mol. The summed E-state index contributed by atoms with van der Waals surface area (Å²) in [7, 11) is 1.76. The normalized spacial score (nSPS) is 13.9. The van der Waals surface area contributed by atoms with E-state index in [1.165, 1.54) is 37.8 Å². The SMILES string of the molecule is CN(CCCCCCCCCN1CCC(OC(=O)Nc2ccccc2-c2ccccc2)CC1)C(=O)c1cc(Cl)ccc1O. The number of piperidine rings is 1. The third kappa shape index (κ3) is 10.3. The van der Waals surface area contributed by atoms with E-state index >= 15 is 0 Å². The van der Waals surface area contributed by atoms with E-state index in [2.05, 4.69) is 10.2 Å². The fraction of sp³-hybridized carbons (Fsp3) is 0.429. The maximum absolute atomic E-state index is 12.7. The summed E-state index contributed by atoms with van der Waals surface area (Å²) < 4.78 is 5.77. The van der Waals surface area contributed by atoms with Crippen LogP contribution >= 0.6 is 11.6 Å². The molecule has 3 aromatic rings. The van der Waals surface area contributed by atoms with Crippen LogP contribution in [0.4, 0.5) is 10.5 Å². The molecule has 2 amide bonds. The molecule has 1 fully saturated rings. The van der Waals surface area contributed by atoms with Gasteiger partial charge in [-0.25, -0.2) is 4.79 Å². The number of para-hydroxylation sites is 1. The van der Waals surface area contributed by atoms with E-state index in [1.807, 2.05) is 54.6 Å². The van der Waals surface area contributed by atoms with E-state index in [0.29, 0.717) is 11.6 Å². The van der Waals surface area contributed by atoms with Gasteiger partial charge in [-0.3, -0.25) is 10.1 Å². The van der Waals surface area contributed by atoms with Gasteiger partial charge in [0.2, 0.25) is 0 Å². The van der Waals surface area contributed by atoms with Crippen molar-refractivity contribution in [3.63, 3.8) is 0 Å². The number of rotatable bonds is 14. The molecule has 0 saturated carbocycles. The molecule has 0 aliphatic carbocycles. The molecule has 0 radical (unpaired) electrons. The third-order valence-corrected chi connectivity index (χ3v) is 8.30. The number of benzene rings is 3. The minimum absolute atomic E-state index is 0.0389. The highest BCUT2D eigenvalue weighted by atomic mass is 35.5. The summed E-state index contributed by atoms with van der Waals surface area (Å²) in [6.45, 7) is 3.66. The summed E-state index contributed by atoms with van der Waals surface area (Å²) in [6, 6.07) is 22.4. The van der Waals surface area contributed by atoms with Gasteiger partial charge in [-0.15, -0.1) is 0 Å². The molecule has 43 heavy (non-hydrogen) atoms. The molecule has 7 nitrogen and oxygen atoms in total. The Morgan fingerprint density at radius 1 is 0.907 bits per heavy atom. The van der Waals surface area contributed by atoms with Gasteiger partial charge < -0.3 is 19.6 Å². The lowest BCUT2D eigenvalue weighted by atomic mass is 10.0. The van der Waals surface area contributed by atoms with Crippen LogP contribution in [0.5, 0.6) is 5.75 Å². The molecule has 1 heterocycles. The number of hydrogen-bond acceptors (Lipinski definition) is 5. The average Bonchev–Trinajstić information content (AvgIpc) is 3.02. The van der Waals surface area contributed by atoms with Gasteiger partial charge in [-0.2, -0.15) is 0 Å². The highest BCUT2D eigenvalue weighted by Gasteiger charge is 2.22. The van der Waals surface area contributed by atoms with Gasteiger partial charge in [0.15, 0.2) is 0 Å². The van der Waals surface area contributed by atoms with E-state index in [1.54, 1.807) is 18.0 Å². The number of halogens is 1. The largest absolute Gasteiger partial charge is 0.507 e. The number of ether oxygens (including phenoxy) is 1. The number of nitrogens with one attached hydrogen (secondary N) is 1. The number of nitrogens with zero attached hydrogens (tertiary/aromatic N) is 2. The Balaban J connectivity index is 1.02. The molecule has 2 N–H and O–H groups in total. The molecule has 8 heteroatoms. The molecule has 0 bridgehead atoms. The number of phenols is 1. The monoisotopic (exact) mass is 605 g/mol. The Labute approximate surface area is 260 Å². The van der Waals surface area contributed by atoms with Crippen LogP contribution in [0.25, 0.3) is 11.1 Å². The van der Waals surface area contributed by atoms with Gasteiger partial charge in [0.1, 0.15) is 11.9 Å². The molecule has 1 saturated heterocycles. The molecule has 0 unspecified atom stereocenters. The molecule has 1 aliphatic heterocycles. The number of likely N-dealkylation sites (tertiary alicyclic amines) is 1. The fourth-order valence-corrected chi connectivity index (χ4v) is 5.73. The van der Waals surface area contributed by atoms with Gasteiger partial charge in [-0.1, -0.05) is 92.2 Å². The number of carbonyl (C=O) groups is 2. The summed E-state index contributed by atoms with van der Waals surface area (Å²) in [6.07, 6.45) is 9.28. The fourth-order valence-electron chi connectivity index (χ4n) is 5.56. The van der Waals surface area contributed by atoms with Crippen molar-refractivity contribution in [1.29, 1.82) is 0 Å². The molecule has 1 aliphatic rings. The molecule has 4 rings (SSSR count). The lowest BCUT2D eigenvalue weighted by molar-refractivity contribution is 0.0584. The van der Waals surface area contributed by atoms with E-state index in [4.69, 9.17) is 16.3 Å². The Bertz CT molecular complexity index is 1310. The highest BCUT2D eigenvalue weighted by molar-refractivity contribution is 6.31. The molecular formula is C35H44ClN3O4. The number of carbonyl (C=O) groups excluding carboxylic acids is 2. The van der Waals surface area contributed by atoms with Gasteiger partial charge in [0.05, 0.1) is 11.3 Å². The summed E-state index contributed by atoms with van der Waals surface area (Å²) in [5, 5.41) is 13.3. The zero-order valence-electron chi connectivity index (χ0n) is 25.1. The summed E-state index contributed by atoms with van der Waals surface area (Å²) in [5.41, 5.74) is 3.04. The van der Waals surface area contributed by atoms with Crippen molar-refractivity contribution in [2.45, 2.75) is 63.9 Å². The van der Waals surface area contributed by atoms with Crippen LogP contribution in [-0.4, -0.2) is 66.2 Å². The lowest BCUT2D eigenvalue weighted by Crippen LogP contribution is -2.38. The zero-order chi connectivity index (χ0) is 30.4. The molecular weight excluding hydrogens is 562 g/mol. The Morgan fingerprint density at radius 3 is 2.30 bits per heavy atom. The van der Waals surface area contributed by atoms with E-state index in [-0.39, 0.29) is 29.4 Å². The van der Waals surface area contributed by atoms with Crippen LogP contribution in [0.3, 0.4) is 0 Å². The first kappa shape index (κ1) is 32.4. The first-order chi connectivity index (χ1) is 20.9. The quantitative estimate of drug-likeness (QED) is 0.181. The molecule has 0 aromatic heterocycles. The predicted octanol–water partition coefficient (Wildman–Crippen LogP) is 8.23. The van der Waals surface area contributed by atoms with Crippen LogP contribution in [-0.2, 0) is 4.74 Å². The van der Waals surface area contributed by atoms with Crippen LogP contribution in [0.2, 0.25) is 5.02 Å². The number of hydrogen-bond donors (Lipinski definition) is 2. The van der Waals surface area contributed by atoms with Crippen LogP contribution in [0.15, 0.2) is 72.8 Å². The minimum Gasteiger partial charge on any atom is -0.507 e. The maximum Gasteiger partial charge on any atom is 0.411 e. The molecule has 0 spiro atoms. The number of unbranched alkanes of at least 4 members (excludes halogenated alkanes) is 6. The Hall–Kier alpha value is -3.55. The van der Waals surface area contributed by atoms with Crippen LogP contribution < -0.4 is 5.32 Å². The molecule has 230 valence electrons. The third-order valence-electron chi connectivity index (χ3n) is 8.06. The van der Waals surface area contributed by atoms with E-state index < -0.39 is 0 Å². The number of amides is 2. The molecule has 0 atom stereocenters. The number of phenolic OH excluding ortho intramolecular Hbond substituents is 1. The molecule has 3 aromatic carbocycles. The van der Waals surface area contributed by atoms with E-state index in [9.17, 15) is 14.7 Å². The van der Waals surface area contributed by atoms with Crippen LogP contribution in [0.1, 0.15) is 68.1 Å². The van der Waals surface area contributed by atoms with Crippen molar-refractivity contribution in [2.24, 2.45) is 0 Å². The van der Waals surface area contributed by atoms with Crippen molar-refractivity contribution in [3.8, 4) is 16.9 Å².